The van der Waals surface area contributed by atoms with E-state index >= 15 is 0 Å². The van der Waals surface area contributed by atoms with Gasteiger partial charge in [-0.05, 0) is 98.0 Å². The maximum absolute atomic E-state index is 11.0. The molecule has 1 spiro atoms. The zero-order valence-corrected chi connectivity index (χ0v) is 18.6. The van der Waals surface area contributed by atoms with Gasteiger partial charge in [0.05, 0.1) is 5.60 Å². The van der Waals surface area contributed by atoms with Crippen molar-refractivity contribution < 1.29 is 5.11 Å². The van der Waals surface area contributed by atoms with Gasteiger partial charge in [-0.1, -0.05) is 44.2 Å². The van der Waals surface area contributed by atoms with Gasteiger partial charge in [0, 0.05) is 10.6 Å². The summed E-state index contributed by atoms with van der Waals surface area (Å²) in [5, 5.41) is 11.0. The van der Waals surface area contributed by atoms with Gasteiger partial charge in [-0.15, -0.1) is 11.8 Å². The van der Waals surface area contributed by atoms with Gasteiger partial charge < -0.3 is 5.11 Å². The molecule has 7 atom stereocenters. The van der Waals surface area contributed by atoms with Crippen molar-refractivity contribution in [2.45, 2.75) is 76.2 Å². The highest BCUT2D eigenvalue weighted by Gasteiger charge is 2.68. The Morgan fingerprint density at radius 1 is 1.04 bits per heavy atom. The summed E-state index contributed by atoms with van der Waals surface area (Å²) in [6, 6.07) is 10.9. The molecule has 3 saturated carbocycles. The summed E-state index contributed by atoms with van der Waals surface area (Å²) < 4.78 is 0. The molecule has 0 saturated heterocycles. The van der Waals surface area contributed by atoms with Crippen LogP contribution in [0.5, 0.6) is 0 Å². The summed E-state index contributed by atoms with van der Waals surface area (Å²) in [6.45, 7) is 7.29. The Hall–Kier alpha value is -0.730. The third kappa shape index (κ3) is 2.63. The Kier molecular flexibility index (Phi) is 4.39. The van der Waals surface area contributed by atoms with Crippen LogP contribution < -0.4 is 0 Å². The minimum atomic E-state index is -0.425. The van der Waals surface area contributed by atoms with Crippen molar-refractivity contribution in [3.63, 3.8) is 0 Å². The van der Waals surface area contributed by atoms with E-state index in [9.17, 15) is 5.11 Å². The van der Waals surface area contributed by atoms with Gasteiger partial charge in [0.15, 0.2) is 0 Å². The first-order chi connectivity index (χ1) is 13.3. The van der Waals surface area contributed by atoms with Gasteiger partial charge >= 0.3 is 0 Å². The fourth-order valence-electron chi connectivity index (χ4n) is 8.13. The average Bonchev–Trinajstić information content (AvgIpc) is 3.03. The normalized spacial score (nSPS) is 49.5. The van der Waals surface area contributed by atoms with E-state index in [4.69, 9.17) is 0 Å². The number of rotatable bonds is 3. The summed E-state index contributed by atoms with van der Waals surface area (Å²) in [5.41, 5.74) is 0.699. The molecule has 2 bridgehead atoms. The van der Waals surface area contributed by atoms with Gasteiger partial charge in [-0.25, -0.2) is 0 Å². The number of allylic oxidation sites excluding steroid dienone is 2. The Labute approximate surface area is 175 Å². The van der Waals surface area contributed by atoms with E-state index < -0.39 is 5.60 Å². The zero-order chi connectivity index (χ0) is 19.6. The fourth-order valence-corrected chi connectivity index (χ4v) is 9.25. The van der Waals surface area contributed by atoms with Crippen LogP contribution in [0.2, 0.25) is 0 Å². The summed E-state index contributed by atoms with van der Waals surface area (Å²) in [6.07, 6.45) is 13.9. The lowest BCUT2D eigenvalue weighted by Gasteiger charge is -2.64. The lowest BCUT2D eigenvalue weighted by molar-refractivity contribution is -0.145. The molecule has 4 aliphatic rings. The predicted octanol–water partition coefficient (Wildman–Crippen LogP) is 6.72. The van der Waals surface area contributed by atoms with Gasteiger partial charge in [0.2, 0.25) is 0 Å². The van der Waals surface area contributed by atoms with Gasteiger partial charge in [0.25, 0.3) is 0 Å². The van der Waals surface area contributed by atoms with Crippen molar-refractivity contribution in [3.8, 4) is 0 Å². The van der Waals surface area contributed by atoms with Crippen LogP contribution >= 0.6 is 11.8 Å². The smallest absolute Gasteiger partial charge is 0.0648 e. The van der Waals surface area contributed by atoms with Crippen LogP contribution in [0.25, 0.3) is 0 Å². The molecule has 152 valence electrons. The second kappa shape index (κ2) is 6.38. The summed E-state index contributed by atoms with van der Waals surface area (Å²) in [5.74, 6) is 3.30. The third-order valence-electron chi connectivity index (χ3n) is 9.76. The van der Waals surface area contributed by atoms with Gasteiger partial charge in [-0.2, -0.15) is 0 Å². The first-order valence-corrected chi connectivity index (χ1v) is 12.4. The second-order valence-electron chi connectivity index (χ2n) is 11.1. The third-order valence-corrected chi connectivity index (χ3v) is 11.1. The van der Waals surface area contributed by atoms with Crippen molar-refractivity contribution >= 4 is 11.8 Å². The van der Waals surface area contributed by atoms with E-state index in [2.05, 4.69) is 63.3 Å². The van der Waals surface area contributed by atoms with E-state index in [0.29, 0.717) is 16.7 Å². The average molecular weight is 397 g/mol. The van der Waals surface area contributed by atoms with Crippen molar-refractivity contribution in [3.05, 3.63) is 42.5 Å². The molecule has 0 heterocycles. The van der Waals surface area contributed by atoms with Crippen LogP contribution in [0.4, 0.5) is 0 Å². The molecule has 28 heavy (non-hydrogen) atoms. The molecular formula is C26H36OS. The summed E-state index contributed by atoms with van der Waals surface area (Å²) in [7, 11) is 0. The zero-order valence-electron chi connectivity index (χ0n) is 17.8. The standard InChI is InChI=1S/C26H36OS/c1-23(18-28-21-8-5-4-6-9-21)12-7-13-24(2)22(23)11-10-19-16-20-17-26(19,24)15-14-25(20,3)27/h4-9,12,19-20,22,27H,10-11,13-18H2,1-3H3/t19-,20+,22-,23-,24-,25+,26-/m0/s1. The van der Waals surface area contributed by atoms with Crippen LogP contribution in [0, 0.1) is 34.0 Å². The highest BCUT2D eigenvalue weighted by atomic mass is 32.2. The number of benzene rings is 1. The number of hydrogen-bond acceptors (Lipinski definition) is 2. The van der Waals surface area contributed by atoms with E-state index in [-0.39, 0.29) is 5.41 Å². The van der Waals surface area contributed by atoms with Crippen LogP contribution in [0.3, 0.4) is 0 Å². The SMILES string of the molecule is C[C@@]1(CSc2ccccc2)C=CC[C@@]2(C)[C@H]1CC[C@H]1C[C@@H]3C[C@@]12CC[C@@]3(C)O. The Morgan fingerprint density at radius 2 is 1.82 bits per heavy atom. The number of thioether (sulfide) groups is 1. The molecule has 0 amide bonds. The van der Waals surface area contributed by atoms with Crippen molar-refractivity contribution in [1.82, 2.24) is 0 Å². The number of hydrogen-bond donors (Lipinski definition) is 1. The van der Waals surface area contributed by atoms with Crippen LogP contribution in [0.1, 0.15) is 65.7 Å². The molecule has 1 aromatic carbocycles. The quantitative estimate of drug-likeness (QED) is 0.452. The number of aliphatic hydroxyl groups is 1. The summed E-state index contributed by atoms with van der Waals surface area (Å²) in [4.78, 5) is 1.39. The van der Waals surface area contributed by atoms with E-state index in [0.717, 1.165) is 18.3 Å². The van der Waals surface area contributed by atoms with Crippen molar-refractivity contribution in [2.24, 2.45) is 34.0 Å². The fraction of sp³-hybridized carbons (Fsp3) is 0.692. The monoisotopic (exact) mass is 396 g/mol. The topological polar surface area (TPSA) is 20.2 Å². The minimum Gasteiger partial charge on any atom is -0.390 e. The minimum absolute atomic E-state index is 0.269. The largest absolute Gasteiger partial charge is 0.390 e. The first kappa shape index (κ1) is 19.2. The van der Waals surface area contributed by atoms with Crippen molar-refractivity contribution in [1.29, 1.82) is 0 Å². The molecule has 1 nitrogen and oxygen atoms in total. The maximum atomic E-state index is 11.0. The molecule has 0 radical (unpaired) electrons. The van der Waals surface area contributed by atoms with Gasteiger partial charge in [0.1, 0.15) is 0 Å². The highest BCUT2D eigenvalue weighted by Crippen LogP contribution is 2.74. The maximum Gasteiger partial charge on any atom is 0.0648 e. The van der Waals surface area contributed by atoms with Gasteiger partial charge in [-0.3, -0.25) is 0 Å². The molecule has 1 aromatic rings. The Bertz CT molecular complexity index is 770. The van der Waals surface area contributed by atoms with Crippen LogP contribution in [-0.4, -0.2) is 16.5 Å². The Morgan fingerprint density at radius 3 is 2.61 bits per heavy atom. The Balaban J connectivity index is 1.45. The van der Waals surface area contributed by atoms with Crippen LogP contribution in [0.15, 0.2) is 47.4 Å². The molecule has 3 fully saturated rings. The lowest BCUT2D eigenvalue weighted by Crippen LogP contribution is -2.58. The highest BCUT2D eigenvalue weighted by molar-refractivity contribution is 7.99. The molecule has 1 N–H and O–H groups in total. The molecule has 0 unspecified atom stereocenters. The molecule has 2 heteroatoms. The molecule has 4 aliphatic carbocycles. The van der Waals surface area contributed by atoms with E-state index in [1.807, 2.05) is 11.8 Å². The molecule has 5 rings (SSSR count). The lowest BCUT2D eigenvalue weighted by atomic mass is 9.41. The molecule has 0 aliphatic heterocycles. The second-order valence-corrected chi connectivity index (χ2v) is 12.2. The van der Waals surface area contributed by atoms with E-state index in [1.165, 1.54) is 49.2 Å². The summed E-state index contributed by atoms with van der Waals surface area (Å²) >= 11 is 2.04. The first-order valence-electron chi connectivity index (χ1n) is 11.4. The predicted molar refractivity (Wildman–Crippen MR) is 118 cm³/mol. The van der Waals surface area contributed by atoms with E-state index in [1.54, 1.807) is 0 Å². The van der Waals surface area contributed by atoms with Crippen molar-refractivity contribution in [2.75, 3.05) is 5.75 Å². The molecule has 0 aromatic heterocycles. The number of fused-ring (bicyclic) bond motifs is 2. The molecular weight excluding hydrogens is 360 g/mol. The van der Waals surface area contributed by atoms with Crippen LogP contribution in [-0.2, 0) is 0 Å².